The minimum Gasteiger partial charge on any atom is -0.454 e. The molecule has 5 heteroatoms. The molecule has 0 aliphatic heterocycles. The monoisotopic (exact) mass is 330 g/mol. The van der Waals surface area contributed by atoms with Crippen molar-refractivity contribution in [3.63, 3.8) is 0 Å². The first-order valence-electron chi connectivity index (χ1n) is 8.66. The summed E-state index contributed by atoms with van der Waals surface area (Å²) in [6.45, 7) is 5.31. The number of hydrogen-bond donors (Lipinski definition) is 1. The highest BCUT2D eigenvalue weighted by Crippen LogP contribution is 2.13. The lowest BCUT2D eigenvalue weighted by molar-refractivity contribution is 0.0916. The summed E-state index contributed by atoms with van der Waals surface area (Å²) < 4.78 is 7.12. The van der Waals surface area contributed by atoms with E-state index in [-0.39, 0.29) is 11.5 Å². The van der Waals surface area contributed by atoms with Crippen LogP contribution < -0.4 is 10.9 Å². The first kappa shape index (κ1) is 18.0. The molecule has 1 amide bonds. The molecule has 0 aliphatic rings. The van der Waals surface area contributed by atoms with E-state index in [4.69, 9.17) is 4.42 Å². The molecule has 1 unspecified atom stereocenters. The predicted molar refractivity (Wildman–Crippen MR) is 94.2 cm³/mol. The van der Waals surface area contributed by atoms with E-state index in [1.807, 2.05) is 0 Å². The molecular formula is C19H26N2O3. The molecule has 130 valence electrons. The third kappa shape index (κ3) is 5.11. The molecule has 0 fully saturated rings. The largest absolute Gasteiger partial charge is 0.454 e. The summed E-state index contributed by atoms with van der Waals surface area (Å²) in [5.74, 6) is 1.19. The third-order valence-corrected chi connectivity index (χ3v) is 4.21. The molecule has 0 aromatic carbocycles. The molecule has 0 saturated carbocycles. The van der Waals surface area contributed by atoms with Gasteiger partial charge in [-0.05, 0) is 30.5 Å². The van der Waals surface area contributed by atoms with Gasteiger partial charge in [0.05, 0.1) is 6.54 Å². The van der Waals surface area contributed by atoms with E-state index in [0.717, 1.165) is 12.8 Å². The van der Waals surface area contributed by atoms with E-state index in [0.29, 0.717) is 30.5 Å². The number of pyridine rings is 1. The van der Waals surface area contributed by atoms with Gasteiger partial charge >= 0.3 is 0 Å². The Morgan fingerprint density at radius 1 is 1.25 bits per heavy atom. The number of carbonyl (C=O) groups is 1. The highest BCUT2D eigenvalue weighted by molar-refractivity contribution is 5.91. The summed E-state index contributed by atoms with van der Waals surface area (Å²) in [7, 11) is 0. The Morgan fingerprint density at radius 2 is 2.08 bits per heavy atom. The summed E-state index contributed by atoms with van der Waals surface area (Å²) in [4.78, 5) is 23.9. The SMILES string of the molecule is CCCCC(CC)CNC(=O)c1ccc(Cn2ccccc2=O)o1. The van der Waals surface area contributed by atoms with Crippen LogP contribution in [0.15, 0.2) is 45.7 Å². The summed E-state index contributed by atoms with van der Waals surface area (Å²) in [6, 6.07) is 8.38. The van der Waals surface area contributed by atoms with Gasteiger partial charge in [0.15, 0.2) is 5.76 Å². The second kappa shape index (κ2) is 9.11. The van der Waals surface area contributed by atoms with Crippen LogP contribution in [-0.2, 0) is 6.54 Å². The van der Waals surface area contributed by atoms with Crippen LogP contribution in [0.3, 0.4) is 0 Å². The molecule has 0 bridgehead atoms. The first-order valence-corrected chi connectivity index (χ1v) is 8.66. The van der Waals surface area contributed by atoms with Crippen LogP contribution in [0, 0.1) is 5.92 Å². The van der Waals surface area contributed by atoms with Crippen molar-refractivity contribution in [2.24, 2.45) is 5.92 Å². The Morgan fingerprint density at radius 3 is 2.79 bits per heavy atom. The molecular weight excluding hydrogens is 304 g/mol. The molecule has 2 heterocycles. The lowest BCUT2D eigenvalue weighted by atomic mass is 9.99. The van der Waals surface area contributed by atoms with E-state index in [2.05, 4.69) is 19.2 Å². The summed E-state index contributed by atoms with van der Waals surface area (Å²) >= 11 is 0. The Hall–Kier alpha value is -2.30. The normalized spacial score (nSPS) is 12.1. The number of hydrogen-bond acceptors (Lipinski definition) is 3. The molecule has 0 radical (unpaired) electrons. The van der Waals surface area contributed by atoms with Crippen LogP contribution in [0.1, 0.15) is 55.8 Å². The number of rotatable bonds is 9. The van der Waals surface area contributed by atoms with Crippen LogP contribution in [-0.4, -0.2) is 17.0 Å². The molecule has 2 rings (SSSR count). The zero-order valence-electron chi connectivity index (χ0n) is 14.5. The van der Waals surface area contributed by atoms with Crippen molar-refractivity contribution in [3.05, 3.63) is 58.4 Å². The number of nitrogens with zero attached hydrogens (tertiary/aromatic N) is 1. The second-order valence-corrected chi connectivity index (χ2v) is 6.06. The molecule has 5 nitrogen and oxygen atoms in total. The second-order valence-electron chi connectivity index (χ2n) is 6.06. The quantitative estimate of drug-likeness (QED) is 0.766. The highest BCUT2D eigenvalue weighted by atomic mass is 16.4. The van der Waals surface area contributed by atoms with Crippen LogP contribution in [0.5, 0.6) is 0 Å². The number of amides is 1. The number of carbonyl (C=O) groups excluding carboxylic acids is 1. The van der Waals surface area contributed by atoms with Gasteiger partial charge in [-0.2, -0.15) is 0 Å². The van der Waals surface area contributed by atoms with Gasteiger partial charge in [-0.1, -0.05) is 39.2 Å². The standard InChI is InChI=1S/C19H26N2O3/c1-3-5-8-15(4-2)13-20-19(23)17-11-10-16(24-17)14-21-12-7-6-9-18(21)22/h6-7,9-12,15H,3-5,8,13-14H2,1-2H3,(H,20,23). The first-order chi connectivity index (χ1) is 11.6. The lowest BCUT2D eigenvalue weighted by Gasteiger charge is -2.14. The van der Waals surface area contributed by atoms with Crippen molar-refractivity contribution < 1.29 is 9.21 Å². The molecule has 2 aromatic heterocycles. The maximum atomic E-state index is 12.2. The minimum atomic E-state index is -0.198. The highest BCUT2D eigenvalue weighted by Gasteiger charge is 2.13. The van der Waals surface area contributed by atoms with Gasteiger partial charge in [0, 0.05) is 18.8 Å². The average molecular weight is 330 g/mol. The Balaban J connectivity index is 1.91. The molecule has 0 spiro atoms. The maximum absolute atomic E-state index is 12.2. The van der Waals surface area contributed by atoms with E-state index in [9.17, 15) is 9.59 Å². The molecule has 1 N–H and O–H groups in total. The van der Waals surface area contributed by atoms with E-state index >= 15 is 0 Å². The van der Waals surface area contributed by atoms with Crippen molar-refractivity contribution in [1.29, 1.82) is 0 Å². The summed E-state index contributed by atoms with van der Waals surface area (Å²) in [5.41, 5.74) is -0.0957. The molecule has 1 atom stereocenters. The fraction of sp³-hybridized carbons (Fsp3) is 0.474. The van der Waals surface area contributed by atoms with Crippen molar-refractivity contribution in [3.8, 4) is 0 Å². The van der Waals surface area contributed by atoms with Crippen LogP contribution in [0.2, 0.25) is 0 Å². The fourth-order valence-corrected chi connectivity index (χ4v) is 2.61. The van der Waals surface area contributed by atoms with E-state index in [1.54, 1.807) is 35.0 Å². The summed E-state index contributed by atoms with van der Waals surface area (Å²) in [5, 5.41) is 2.95. The maximum Gasteiger partial charge on any atom is 0.287 e. The molecule has 24 heavy (non-hydrogen) atoms. The fourth-order valence-electron chi connectivity index (χ4n) is 2.61. The molecule has 2 aromatic rings. The van der Waals surface area contributed by atoms with Gasteiger partial charge < -0.3 is 14.3 Å². The molecule has 0 saturated heterocycles. The number of aromatic nitrogens is 1. The summed E-state index contributed by atoms with van der Waals surface area (Å²) in [6.07, 6.45) is 6.24. The smallest absolute Gasteiger partial charge is 0.287 e. The van der Waals surface area contributed by atoms with Crippen LogP contribution in [0.4, 0.5) is 0 Å². The van der Waals surface area contributed by atoms with Crippen LogP contribution in [0.25, 0.3) is 0 Å². The number of unbranched alkanes of at least 4 members (excludes halogenated alkanes) is 1. The Kier molecular flexibility index (Phi) is 6.85. The van der Waals surface area contributed by atoms with Crippen molar-refractivity contribution in [1.82, 2.24) is 9.88 Å². The average Bonchev–Trinajstić information content (AvgIpc) is 3.05. The zero-order chi connectivity index (χ0) is 17.4. The minimum absolute atomic E-state index is 0.0957. The lowest BCUT2D eigenvalue weighted by Crippen LogP contribution is -2.28. The van der Waals surface area contributed by atoms with Crippen molar-refractivity contribution in [2.75, 3.05) is 6.54 Å². The van der Waals surface area contributed by atoms with Crippen molar-refractivity contribution >= 4 is 5.91 Å². The third-order valence-electron chi connectivity index (χ3n) is 4.21. The number of furan rings is 1. The van der Waals surface area contributed by atoms with Crippen molar-refractivity contribution in [2.45, 2.75) is 46.1 Å². The van der Waals surface area contributed by atoms with Gasteiger partial charge in [0.25, 0.3) is 11.5 Å². The van der Waals surface area contributed by atoms with Gasteiger partial charge in [-0.15, -0.1) is 0 Å². The Labute approximate surface area is 142 Å². The van der Waals surface area contributed by atoms with Gasteiger partial charge in [0.1, 0.15) is 5.76 Å². The van der Waals surface area contributed by atoms with Gasteiger partial charge in [0.2, 0.25) is 0 Å². The van der Waals surface area contributed by atoms with Gasteiger partial charge in [-0.25, -0.2) is 0 Å². The van der Waals surface area contributed by atoms with E-state index in [1.165, 1.54) is 18.9 Å². The van der Waals surface area contributed by atoms with E-state index < -0.39 is 0 Å². The zero-order valence-corrected chi connectivity index (χ0v) is 14.5. The Bertz CT molecular complexity index is 702. The predicted octanol–water partition coefficient (Wildman–Crippen LogP) is 3.44. The van der Waals surface area contributed by atoms with Gasteiger partial charge in [-0.3, -0.25) is 9.59 Å². The number of nitrogens with one attached hydrogen (secondary N) is 1. The topological polar surface area (TPSA) is 64.2 Å². The molecule has 0 aliphatic carbocycles. The van der Waals surface area contributed by atoms with Crippen LogP contribution >= 0.6 is 0 Å².